The minimum atomic E-state index is -0.736. The molecule has 0 saturated heterocycles. The Morgan fingerprint density at radius 3 is 1.64 bits per heavy atom. The lowest BCUT2D eigenvalue weighted by Crippen LogP contribution is -2.28. The SMILES string of the molecule is O=C(NN=Cc1ccccc1F)NN=Cc1ccccc1F. The number of carbonyl (C=O) groups is 1. The second-order valence-corrected chi connectivity index (χ2v) is 4.11. The van der Waals surface area contributed by atoms with Crippen LogP contribution in [0.3, 0.4) is 0 Å². The van der Waals surface area contributed by atoms with Crippen LogP contribution in [0.5, 0.6) is 0 Å². The normalized spacial score (nSPS) is 11.0. The van der Waals surface area contributed by atoms with Crippen molar-refractivity contribution in [2.75, 3.05) is 0 Å². The maximum Gasteiger partial charge on any atom is 0.355 e. The standard InChI is InChI=1S/C15H12F2N4O/c16-13-7-3-1-5-11(13)9-18-20-15(22)21-19-10-12-6-2-4-8-14(12)17/h1-10H,(H2,20,21,22). The van der Waals surface area contributed by atoms with Crippen LogP contribution in [0.15, 0.2) is 58.7 Å². The molecule has 0 aromatic heterocycles. The predicted octanol–water partition coefficient (Wildman–Crippen LogP) is 2.63. The zero-order valence-electron chi connectivity index (χ0n) is 11.3. The molecule has 0 heterocycles. The fraction of sp³-hybridized carbons (Fsp3) is 0. The molecule has 0 radical (unpaired) electrons. The van der Waals surface area contributed by atoms with Crippen molar-refractivity contribution in [2.45, 2.75) is 0 Å². The first-order valence-electron chi connectivity index (χ1n) is 6.28. The summed E-state index contributed by atoms with van der Waals surface area (Å²) in [7, 11) is 0. The van der Waals surface area contributed by atoms with Crippen LogP contribution in [0, 0.1) is 11.6 Å². The molecule has 0 unspecified atom stereocenters. The summed E-state index contributed by atoms with van der Waals surface area (Å²) < 4.78 is 26.5. The van der Waals surface area contributed by atoms with Gasteiger partial charge in [0, 0.05) is 11.1 Å². The van der Waals surface area contributed by atoms with Crippen LogP contribution in [0.2, 0.25) is 0 Å². The highest BCUT2D eigenvalue weighted by atomic mass is 19.1. The van der Waals surface area contributed by atoms with Gasteiger partial charge in [0.25, 0.3) is 0 Å². The van der Waals surface area contributed by atoms with E-state index in [1.54, 1.807) is 24.3 Å². The van der Waals surface area contributed by atoms with Gasteiger partial charge < -0.3 is 0 Å². The Balaban J connectivity index is 1.84. The summed E-state index contributed by atoms with van der Waals surface area (Å²) in [6, 6.07) is 11.2. The molecule has 0 atom stereocenters. The van der Waals surface area contributed by atoms with Gasteiger partial charge in [-0.05, 0) is 12.1 Å². The lowest BCUT2D eigenvalue weighted by molar-refractivity contribution is 0.242. The molecule has 2 aromatic carbocycles. The van der Waals surface area contributed by atoms with Gasteiger partial charge in [0.1, 0.15) is 11.6 Å². The molecule has 0 saturated carbocycles. The van der Waals surface area contributed by atoms with E-state index < -0.39 is 17.7 Å². The van der Waals surface area contributed by atoms with Gasteiger partial charge in [-0.3, -0.25) is 0 Å². The van der Waals surface area contributed by atoms with Gasteiger partial charge in [-0.25, -0.2) is 24.4 Å². The van der Waals surface area contributed by atoms with Crippen LogP contribution in [0.1, 0.15) is 11.1 Å². The number of rotatable bonds is 4. The maximum absolute atomic E-state index is 13.3. The third kappa shape index (κ3) is 4.48. The fourth-order valence-corrected chi connectivity index (χ4v) is 1.51. The van der Waals surface area contributed by atoms with Crippen LogP contribution in [0.4, 0.5) is 13.6 Å². The average molecular weight is 302 g/mol. The fourth-order valence-electron chi connectivity index (χ4n) is 1.51. The molecule has 0 bridgehead atoms. The van der Waals surface area contributed by atoms with Gasteiger partial charge >= 0.3 is 6.03 Å². The molecule has 0 fully saturated rings. The number of hydrazone groups is 2. The number of benzene rings is 2. The van der Waals surface area contributed by atoms with E-state index in [1.807, 2.05) is 0 Å². The number of nitrogens with zero attached hydrogens (tertiary/aromatic N) is 2. The van der Waals surface area contributed by atoms with Crippen molar-refractivity contribution in [3.05, 3.63) is 71.3 Å². The first-order valence-corrected chi connectivity index (χ1v) is 6.28. The monoisotopic (exact) mass is 302 g/mol. The molecule has 0 aliphatic heterocycles. The third-order valence-electron chi connectivity index (χ3n) is 2.55. The zero-order chi connectivity index (χ0) is 15.8. The molecular weight excluding hydrogens is 290 g/mol. The summed E-state index contributed by atoms with van der Waals surface area (Å²) in [6.45, 7) is 0. The molecule has 7 heteroatoms. The Morgan fingerprint density at radius 1 is 0.818 bits per heavy atom. The molecule has 0 aliphatic carbocycles. The van der Waals surface area contributed by atoms with Crippen molar-refractivity contribution in [2.24, 2.45) is 10.2 Å². The summed E-state index contributed by atoms with van der Waals surface area (Å²) >= 11 is 0. The summed E-state index contributed by atoms with van der Waals surface area (Å²) in [6.07, 6.45) is 2.32. The van der Waals surface area contributed by atoms with Crippen LogP contribution < -0.4 is 10.9 Å². The Hall–Kier alpha value is -3.09. The first-order chi connectivity index (χ1) is 10.7. The molecule has 112 valence electrons. The number of nitrogens with one attached hydrogen (secondary N) is 2. The van der Waals surface area contributed by atoms with Gasteiger partial charge in [0.05, 0.1) is 12.4 Å². The molecule has 22 heavy (non-hydrogen) atoms. The van der Waals surface area contributed by atoms with E-state index in [1.165, 1.54) is 24.3 Å². The summed E-state index contributed by atoms with van der Waals surface area (Å²) in [5, 5.41) is 7.14. The topological polar surface area (TPSA) is 65.8 Å². The lowest BCUT2D eigenvalue weighted by Gasteiger charge is -1.99. The van der Waals surface area contributed by atoms with Crippen molar-refractivity contribution >= 4 is 18.5 Å². The van der Waals surface area contributed by atoms with Crippen LogP contribution in [0.25, 0.3) is 0 Å². The van der Waals surface area contributed by atoms with Gasteiger partial charge in [0.15, 0.2) is 0 Å². The Morgan fingerprint density at radius 2 is 1.23 bits per heavy atom. The van der Waals surface area contributed by atoms with E-state index in [-0.39, 0.29) is 11.1 Å². The highest BCUT2D eigenvalue weighted by Crippen LogP contribution is 2.03. The number of hydrogen-bond donors (Lipinski definition) is 2. The average Bonchev–Trinajstić information content (AvgIpc) is 2.51. The molecule has 5 nitrogen and oxygen atoms in total. The van der Waals surface area contributed by atoms with Crippen LogP contribution in [-0.2, 0) is 0 Å². The summed E-state index contributed by atoms with van der Waals surface area (Å²) in [4.78, 5) is 11.4. The number of halogens is 2. The van der Waals surface area contributed by atoms with E-state index in [0.717, 1.165) is 12.4 Å². The second-order valence-electron chi connectivity index (χ2n) is 4.11. The Kier molecular flexibility index (Phi) is 5.31. The zero-order valence-corrected chi connectivity index (χ0v) is 11.3. The largest absolute Gasteiger partial charge is 0.355 e. The van der Waals surface area contributed by atoms with Gasteiger partial charge in [-0.2, -0.15) is 10.2 Å². The van der Waals surface area contributed by atoms with Crippen molar-refractivity contribution < 1.29 is 13.6 Å². The van der Waals surface area contributed by atoms with Crippen molar-refractivity contribution in [3.8, 4) is 0 Å². The second kappa shape index (κ2) is 7.63. The number of carbonyl (C=O) groups excluding carboxylic acids is 1. The van der Waals surface area contributed by atoms with Crippen molar-refractivity contribution in [3.63, 3.8) is 0 Å². The molecule has 2 rings (SSSR count). The maximum atomic E-state index is 13.3. The summed E-state index contributed by atoms with van der Waals surface area (Å²) in [5.41, 5.74) is 4.68. The molecule has 2 amide bonds. The van der Waals surface area contributed by atoms with E-state index in [4.69, 9.17) is 0 Å². The molecule has 0 spiro atoms. The molecule has 2 N–H and O–H groups in total. The third-order valence-corrected chi connectivity index (χ3v) is 2.55. The highest BCUT2D eigenvalue weighted by molar-refractivity contribution is 5.83. The Bertz CT molecular complexity index is 657. The number of hydrogen-bond acceptors (Lipinski definition) is 3. The minimum absolute atomic E-state index is 0.234. The highest BCUT2D eigenvalue weighted by Gasteiger charge is 1.99. The van der Waals surface area contributed by atoms with Crippen LogP contribution >= 0.6 is 0 Å². The first kappa shape index (κ1) is 15.3. The summed E-state index contributed by atoms with van der Waals surface area (Å²) in [5.74, 6) is -0.905. The predicted molar refractivity (Wildman–Crippen MR) is 79.7 cm³/mol. The van der Waals surface area contributed by atoms with Crippen molar-refractivity contribution in [1.82, 2.24) is 10.9 Å². The Labute approximate surface area is 125 Å². The van der Waals surface area contributed by atoms with Gasteiger partial charge in [-0.15, -0.1) is 0 Å². The minimum Gasteiger partial charge on any atom is -0.245 e. The lowest BCUT2D eigenvalue weighted by atomic mass is 10.2. The van der Waals surface area contributed by atoms with E-state index >= 15 is 0 Å². The quantitative estimate of drug-likeness (QED) is 0.662. The van der Waals surface area contributed by atoms with Gasteiger partial charge in [0.2, 0.25) is 0 Å². The number of urea groups is 1. The van der Waals surface area contributed by atoms with Crippen LogP contribution in [-0.4, -0.2) is 18.5 Å². The molecule has 0 aliphatic rings. The molecular formula is C15H12F2N4O. The smallest absolute Gasteiger partial charge is 0.245 e. The van der Waals surface area contributed by atoms with E-state index in [9.17, 15) is 13.6 Å². The number of amides is 2. The van der Waals surface area contributed by atoms with Gasteiger partial charge in [-0.1, -0.05) is 36.4 Å². The molecule has 2 aromatic rings. The van der Waals surface area contributed by atoms with E-state index in [0.29, 0.717) is 0 Å². The van der Waals surface area contributed by atoms with E-state index in [2.05, 4.69) is 21.1 Å². The van der Waals surface area contributed by atoms with Crippen molar-refractivity contribution in [1.29, 1.82) is 0 Å².